The molecule has 1 amide bonds. The molecule has 0 aliphatic heterocycles. The topological polar surface area (TPSA) is 44.9 Å². The quantitative estimate of drug-likeness (QED) is 0.871. The Morgan fingerprint density at radius 3 is 2.84 bits per heavy atom. The van der Waals surface area contributed by atoms with Gasteiger partial charge in [0.05, 0.1) is 11.1 Å². The normalized spacial score (nSPS) is 11.2. The van der Waals surface area contributed by atoms with E-state index in [-0.39, 0.29) is 11.7 Å². The van der Waals surface area contributed by atoms with Crippen molar-refractivity contribution in [2.75, 3.05) is 6.54 Å². The van der Waals surface area contributed by atoms with E-state index in [9.17, 15) is 9.18 Å². The molecular formula is C15H19FN2O. The largest absolute Gasteiger partial charge is 0.356 e. The van der Waals surface area contributed by atoms with E-state index in [1.54, 1.807) is 19.1 Å². The number of rotatable bonds is 4. The van der Waals surface area contributed by atoms with Crippen molar-refractivity contribution in [3.63, 3.8) is 0 Å². The second kappa shape index (κ2) is 5.43. The number of aromatic amines is 1. The van der Waals surface area contributed by atoms with Gasteiger partial charge in [0.25, 0.3) is 5.91 Å². The first kappa shape index (κ1) is 13.6. The van der Waals surface area contributed by atoms with Crippen LogP contribution in [0.3, 0.4) is 0 Å². The lowest BCUT2D eigenvalue weighted by Crippen LogP contribution is -2.25. The third-order valence-corrected chi connectivity index (χ3v) is 3.20. The number of fused-ring (bicyclic) bond motifs is 1. The van der Waals surface area contributed by atoms with Gasteiger partial charge in [-0.15, -0.1) is 0 Å². The van der Waals surface area contributed by atoms with Crippen molar-refractivity contribution in [2.45, 2.75) is 27.2 Å². The van der Waals surface area contributed by atoms with Gasteiger partial charge in [-0.3, -0.25) is 4.79 Å². The number of halogens is 1. The fourth-order valence-electron chi connectivity index (χ4n) is 2.17. The van der Waals surface area contributed by atoms with Gasteiger partial charge in [0.1, 0.15) is 5.82 Å². The Bertz CT molecular complexity index is 601. The van der Waals surface area contributed by atoms with Crippen LogP contribution in [0.1, 0.15) is 36.3 Å². The standard InChI is InChI=1S/C15H19FN2O/c1-9(2)7-8-17-15(19)13-10(3)18-14-11(13)5-4-6-12(14)16/h4-6,9,18H,7-8H2,1-3H3,(H,17,19). The number of aryl methyl sites for hydroxylation is 1. The Morgan fingerprint density at radius 2 is 2.16 bits per heavy atom. The molecule has 1 aromatic carbocycles. The van der Waals surface area contributed by atoms with Crippen LogP contribution >= 0.6 is 0 Å². The summed E-state index contributed by atoms with van der Waals surface area (Å²) in [6, 6.07) is 4.77. The molecule has 19 heavy (non-hydrogen) atoms. The minimum absolute atomic E-state index is 0.144. The number of hydrogen-bond acceptors (Lipinski definition) is 1. The molecule has 0 bridgehead atoms. The van der Waals surface area contributed by atoms with Crippen molar-refractivity contribution in [3.8, 4) is 0 Å². The molecule has 0 fully saturated rings. The zero-order valence-electron chi connectivity index (χ0n) is 11.5. The smallest absolute Gasteiger partial charge is 0.253 e. The van der Waals surface area contributed by atoms with E-state index < -0.39 is 0 Å². The summed E-state index contributed by atoms with van der Waals surface area (Å²) in [6.45, 7) is 6.64. The van der Waals surface area contributed by atoms with Crippen LogP contribution in [0, 0.1) is 18.7 Å². The molecule has 0 atom stereocenters. The van der Waals surface area contributed by atoms with Crippen LogP contribution in [-0.2, 0) is 0 Å². The molecular weight excluding hydrogens is 243 g/mol. The second-order valence-electron chi connectivity index (χ2n) is 5.23. The van der Waals surface area contributed by atoms with Crippen molar-refractivity contribution in [3.05, 3.63) is 35.3 Å². The van der Waals surface area contributed by atoms with Crippen molar-refractivity contribution in [1.82, 2.24) is 10.3 Å². The first-order valence-corrected chi connectivity index (χ1v) is 6.55. The zero-order chi connectivity index (χ0) is 14.0. The molecule has 2 aromatic rings. The van der Waals surface area contributed by atoms with Gasteiger partial charge in [-0.05, 0) is 25.3 Å². The van der Waals surface area contributed by atoms with E-state index in [2.05, 4.69) is 24.1 Å². The Labute approximate surface area is 112 Å². The van der Waals surface area contributed by atoms with Gasteiger partial charge in [-0.25, -0.2) is 4.39 Å². The van der Waals surface area contributed by atoms with E-state index in [0.717, 1.165) is 6.42 Å². The maximum absolute atomic E-state index is 13.6. The highest BCUT2D eigenvalue weighted by molar-refractivity contribution is 6.08. The summed E-state index contributed by atoms with van der Waals surface area (Å²) >= 11 is 0. The molecule has 0 spiro atoms. The third-order valence-electron chi connectivity index (χ3n) is 3.20. The first-order valence-electron chi connectivity index (χ1n) is 6.55. The molecule has 3 nitrogen and oxygen atoms in total. The van der Waals surface area contributed by atoms with E-state index >= 15 is 0 Å². The number of carbonyl (C=O) groups excluding carboxylic acids is 1. The summed E-state index contributed by atoms with van der Waals surface area (Å²) in [4.78, 5) is 15.1. The van der Waals surface area contributed by atoms with Crippen LogP contribution < -0.4 is 5.32 Å². The highest BCUT2D eigenvalue weighted by Crippen LogP contribution is 2.24. The fraction of sp³-hybridized carbons (Fsp3) is 0.400. The van der Waals surface area contributed by atoms with Crippen molar-refractivity contribution in [1.29, 1.82) is 0 Å². The molecule has 0 radical (unpaired) electrons. The molecule has 0 aliphatic rings. The molecule has 0 unspecified atom stereocenters. The molecule has 0 saturated carbocycles. The van der Waals surface area contributed by atoms with E-state index in [4.69, 9.17) is 0 Å². The Morgan fingerprint density at radius 1 is 1.42 bits per heavy atom. The molecule has 4 heteroatoms. The number of aromatic nitrogens is 1. The third kappa shape index (κ3) is 2.78. The average Bonchev–Trinajstić information content (AvgIpc) is 2.66. The summed E-state index contributed by atoms with van der Waals surface area (Å²) in [5.74, 6) is 0.0682. The number of amides is 1. The van der Waals surface area contributed by atoms with Crippen LogP contribution in [0.25, 0.3) is 10.9 Å². The maximum Gasteiger partial charge on any atom is 0.253 e. The van der Waals surface area contributed by atoms with Crippen LogP contribution in [-0.4, -0.2) is 17.4 Å². The predicted molar refractivity (Wildman–Crippen MR) is 74.8 cm³/mol. The maximum atomic E-state index is 13.6. The van der Waals surface area contributed by atoms with Gasteiger partial charge in [-0.2, -0.15) is 0 Å². The lowest BCUT2D eigenvalue weighted by molar-refractivity contribution is 0.0953. The molecule has 2 N–H and O–H groups in total. The molecule has 0 aliphatic carbocycles. The number of nitrogens with one attached hydrogen (secondary N) is 2. The highest BCUT2D eigenvalue weighted by Gasteiger charge is 2.17. The van der Waals surface area contributed by atoms with E-state index in [1.165, 1.54) is 6.07 Å². The number of H-pyrrole nitrogens is 1. The van der Waals surface area contributed by atoms with Gasteiger partial charge >= 0.3 is 0 Å². The van der Waals surface area contributed by atoms with Gasteiger partial charge < -0.3 is 10.3 Å². The number of para-hydroxylation sites is 1. The lowest BCUT2D eigenvalue weighted by Gasteiger charge is -2.07. The Balaban J connectivity index is 2.27. The van der Waals surface area contributed by atoms with Gasteiger partial charge in [0.15, 0.2) is 0 Å². The van der Waals surface area contributed by atoms with Crippen LogP contribution in [0.15, 0.2) is 18.2 Å². The minimum atomic E-state index is -0.332. The number of benzene rings is 1. The molecule has 1 aromatic heterocycles. The summed E-state index contributed by atoms with van der Waals surface area (Å²) < 4.78 is 13.6. The lowest BCUT2D eigenvalue weighted by atomic mass is 10.1. The monoisotopic (exact) mass is 262 g/mol. The van der Waals surface area contributed by atoms with Gasteiger partial charge in [0.2, 0.25) is 0 Å². The Hall–Kier alpha value is -1.84. The molecule has 0 saturated heterocycles. The SMILES string of the molecule is Cc1[nH]c2c(F)cccc2c1C(=O)NCCC(C)C. The molecule has 1 heterocycles. The highest BCUT2D eigenvalue weighted by atomic mass is 19.1. The fourth-order valence-corrected chi connectivity index (χ4v) is 2.17. The minimum Gasteiger partial charge on any atom is -0.356 e. The number of hydrogen-bond donors (Lipinski definition) is 2. The van der Waals surface area contributed by atoms with Crippen LogP contribution in [0.4, 0.5) is 4.39 Å². The average molecular weight is 262 g/mol. The zero-order valence-corrected chi connectivity index (χ0v) is 11.5. The summed E-state index contributed by atoms with van der Waals surface area (Å²) in [5.41, 5.74) is 1.63. The first-order chi connectivity index (χ1) is 9.00. The van der Waals surface area contributed by atoms with E-state index in [0.29, 0.717) is 34.6 Å². The number of carbonyl (C=O) groups is 1. The molecule has 2 rings (SSSR count). The van der Waals surface area contributed by atoms with Crippen molar-refractivity contribution >= 4 is 16.8 Å². The van der Waals surface area contributed by atoms with Crippen LogP contribution in [0.2, 0.25) is 0 Å². The van der Waals surface area contributed by atoms with Gasteiger partial charge in [-0.1, -0.05) is 26.0 Å². The van der Waals surface area contributed by atoms with Crippen molar-refractivity contribution < 1.29 is 9.18 Å². The summed E-state index contributed by atoms with van der Waals surface area (Å²) in [5, 5.41) is 3.53. The predicted octanol–water partition coefficient (Wildman–Crippen LogP) is 3.39. The summed E-state index contributed by atoms with van der Waals surface area (Å²) in [6.07, 6.45) is 0.932. The van der Waals surface area contributed by atoms with Crippen LogP contribution in [0.5, 0.6) is 0 Å². The molecule has 102 valence electrons. The van der Waals surface area contributed by atoms with E-state index in [1.807, 2.05) is 0 Å². The summed E-state index contributed by atoms with van der Waals surface area (Å²) in [7, 11) is 0. The van der Waals surface area contributed by atoms with Crippen molar-refractivity contribution in [2.24, 2.45) is 5.92 Å². The Kier molecular flexibility index (Phi) is 3.88. The second-order valence-corrected chi connectivity index (χ2v) is 5.23. The van der Waals surface area contributed by atoms with Gasteiger partial charge in [0, 0.05) is 17.6 Å².